The molecule has 0 bridgehead atoms. The molecule has 0 amide bonds. The normalized spacial score (nSPS) is 39.6. The molecule has 3 aliphatic rings. The van der Waals surface area contributed by atoms with Crippen molar-refractivity contribution >= 4 is 5.97 Å². The Morgan fingerprint density at radius 3 is 2.76 bits per heavy atom. The van der Waals surface area contributed by atoms with Crippen molar-refractivity contribution in [3.05, 3.63) is 37.0 Å². The molecule has 2 fully saturated rings. The number of ether oxygens (including phenoxy) is 2. The standard InChI is InChI=1S/C21H31NO3/c1-5-12-22(13-6-2)14-17-16-10-9-15(3)8-7-11-21(4)19(25-21)18(16)24-20(17)23/h5-6,8,16-19H,1-2,7,9-14H2,3-4H3/b15-8-/t16-,17-,18-,19-,21+/m0/s1. The highest BCUT2D eigenvalue weighted by molar-refractivity contribution is 5.75. The Morgan fingerprint density at radius 2 is 2.08 bits per heavy atom. The van der Waals surface area contributed by atoms with Gasteiger partial charge in [-0.05, 0) is 39.5 Å². The Labute approximate surface area is 151 Å². The highest BCUT2D eigenvalue weighted by atomic mass is 16.6. The third kappa shape index (κ3) is 3.90. The number of hydrogen-bond donors (Lipinski definition) is 0. The fraction of sp³-hybridized carbons (Fsp3) is 0.667. The van der Waals surface area contributed by atoms with Crippen LogP contribution in [0.15, 0.2) is 37.0 Å². The molecule has 2 heterocycles. The van der Waals surface area contributed by atoms with Crippen LogP contribution in [0.1, 0.15) is 39.5 Å². The van der Waals surface area contributed by atoms with Gasteiger partial charge in [0, 0.05) is 25.6 Å². The van der Waals surface area contributed by atoms with Crippen molar-refractivity contribution in [3.8, 4) is 0 Å². The van der Waals surface area contributed by atoms with Gasteiger partial charge in [0.1, 0.15) is 12.2 Å². The summed E-state index contributed by atoms with van der Waals surface area (Å²) in [6.07, 6.45) is 10.1. The number of esters is 1. The molecular weight excluding hydrogens is 314 g/mol. The molecule has 0 unspecified atom stereocenters. The van der Waals surface area contributed by atoms with Crippen LogP contribution in [-0.4, -0.2) is 48.3 Å². The summed E-state index contributed by atoms with van der Waals surface area (Å²) in [5.74, 6) is 0.0651. The molecule has 0 spiro atoms. The molecule has 4 heteroatoms. The average molecular weight is 345 g/mol. The van der Waals surface area contributed by atoms with Crippen molar-refractivity contribution in [2.24, 2.45) is 11.8 Å². The number of allylic oxidation sites excluding steroid dienone is 2. The first-order valence-corrected chi connectivity index (χ1v) is 9.46. The molecule has 0 saturated carbocycles. The van der Waals surface area contributed by atoms with Crippen molar-refractivity contribution in [3.63, 3.8) is 0 Å². The summed E-state index contributed by atoms with van der Waals surface area (Å²) in [4.78, 5) is 14.9. The first-order chi connectivity index (χ1) is 12.0. The Morgan fingerprint density at radius 1 is 1.36 bits per heavy atom. The number of fused-ring (bicyclic) bond motifs is 3. The Balaban J connectivity index is 1.79. The van der Waals surface area contributed by atoms with E-state index in [-0.39, 0.29) is 35.6 Å². The molecule has 25 heavy (non-hydrogen) atoms. The fourth-order valence-electron chi connectivity index (χ4n) is 4.41. The minimum atomic E-state index is -0.131. The third-order valence-corrected chi connectivity index (χ3v) is 5.97. The minimum Gasteiger partial charge on any atom is -0.459 e. The van der Waals surface area contributed by atoms with Crippen LogP contribution >= 0.6 is 0 Å². The lowest BCUT2D eigenvalue weighted by molar-refractivity contribution is -0.145. The molecule has 5 atom stereocenters. The van der Waals surface area contributed by atoms with Crippen LogP contribution in [-0.2, 0) is 14.3 Å². The van der Waals surface area contributed by atoms with Gasteiger partial charge in [0.25, 0.3) is 0 Å². The smallest absolute Gasteiger partial charge is 0.311 e. The van der Waals surface area contributed by atoms with Gasteiger partial charge in [0.05, 0.1) is 11.5 Å². The molecule has 0 N–H and O–H groups in total. The van der Waals surface area contributed by atoms with Gasteiger partial charge in [-0.1, -0.05) is 23.8 Å². The maximum atomic E-state index is 12.7. The summed E-state index contributed by atoms with van der Waals surface area (Å²) in [6.45, 7) is 14.2. The van der Waals surface area contributed by atoms with Gasteiger partial charge in [-0.25, -0.2) is 0 Å². The van der Waals surface area contributed by atoms with Crippen LogP contribution < -0.4 is 0 Å². The minimum absolute atomic E-state index is 0.0607. The second-order valence-electron chi connectivity index (χ2n) is 7.95. The molecule has 0 aromatic heterocycles. The van der Waals surface area contributed by atoms with E-state index in [1.807, 2.05) is 12.2 Å². The lowest BCUT2D eigenvalue weighted by Gasteiger charge is -2.26. The highest BCUT2D eigenvalue weighted by Crippen LogP contribution is 2.50. The van der Waals surface area contributed by atoms with E-state index in [2.05, 4.69) is 38.0 Å². The quantitative estimate of drug-likeness (QED) is 0.420. The van der Waals surface area contributed by atoms with E-state index in [0.717, 1.165) is 38.8 Å². The predicted molar refractivity (Wildman–Crippen MR) is 99.2 cm³/mol. The van der Waals surface area contributed by atoms with Crippen LogP contribution in [0.5, 0.6) is 0 Å². The molecular formula is C21H31NO3. The van der Waals surface area contributed by atoms with Crippen LogP contribution in [0, 0.1) is 11.8 Å². The van der Waals surface area contributed by atoms with Crippen molar-refractivity contribution in [1.29, 1.82) is 0 Å². The van der Waals surface area contributed by atoms with Crippen molar-refractivity contribution in [2.45, 2.75) is 57.3 Å². The lowest BCUT2D eigenvalue weighted by Crippen LogP contribution is -2.37. The molecule has 138 valence electrons. The largest absolute Gasteiger partial charge is 0.459 e. The number of hydrogen-bond acceptors (Lipinski definition) is 4. The van der Waals surface area contributed by atoms with Gasteiger partial charge in [-0.2, -0.15) is 0 Å². The molecule has 2 aliphatic heterocycles. The fourth-order valence-corrected chi connectivity index (χ4v) is 4.41. The van der Waals surface area contributed by atoms with Gasteiger partial charge in [0.2, 0.25) is 0 Å². The summed E-state index contributed by atoms with van der Waals surface area (Å²) in [7, 11) is 0. The van der Waals surface area contributed by atoms with Crippen LogP contribution in [0.4, 0.5) is 0 Å². The van der Waals surface area contributed by atoms with E-state index in [1.165, 1.54) is 5.57 Å². The average Bonchev–Trinajstić information content (AvgIpc) is 3.13. The number of epoxide rings is 1. The number of carbonyl (C=O) groups excluding carboxylic acids is 1. The molecule has 0 aromatic rings. The van der Waals surface area contributed by atoms with Crippen molar-refractivity contribution in [1.82, 2.24) is 4.90 Å². The number of carbonyl (C=O) groups is 1. The van der Waals surface area contributed by atoms with E-state index in [1.54, 1.807) is 0 Å². The Bertz CT molecular complexity index is 559. The topological polar surface area (TPSA) is 42.1 Å². The summed E-state index contributed by atoms with van der Waals surface area (Å²) in [5, 5.41) is 0. The zero-order valence-corrected chi connectivity index (χ0v) is 15.6. The molecule has 1 aliphatic carbocycles. The summed E-state index contributed by atoms with van der Waals surface area (Å²) < 4.78 is 11.9. The van der Waals surface area contributed by atoms with Crippen LogP contribution in [0.3, 0.4) is 0 Å². The van der Waals surface area contributed by atoms with Gasteiger partial charge < -0.3 is 9.47 Å². The van der Waals surface area contributed by atoms with Gasteiger partial charge in [0.15, 0.2) is 0 Å². The van der Waals surface area contributed by atoms with Crippen LogP contribution in [0.2, 0.25) is 0 Å². The van der Waals surface area contributed by atoms with Gasteiger partial charge in [-0.3, -0.25) is 9.69 Å². The summed E-state index contributed by atoms with van der Waals surface area (Å²) in [6, 6.07) is 0. The molecule has 3 rings (SSSR count). The highest BCUT2D eigenvalue weighted by Gasteiger charge is 2.62. The maximum absolute atomic E-state index is 12.7. The first-order valence-electron chi connectivity index (χ1n) is 9.46. The zero-order chi connectivity index (χ0) is 18.0. The van der Waals surface area contributed by atoms with E-state index < -0.39 is 0 Å². The number of rotatable bonds is 6. The SMILES string of the molecule is C=CCN(CC=C)C[C@@H]1C(=O)O[C@H]2[C@H]1CC/C(C)=C\CC[C@@]1(C)O[C@@H]21. The Hall–Kier alpha value is -1.39. The molecule has 0 aromatic carbocycles. The van der Waals surface area contributed by atoms with Crippen LogP contribution in [0.25, 0.3) is 0 Å². The van der Waals surface area contributed by atoms with E-state index in [0.29, 0.717) is 6.54 Å². The lowest BCUT2D eigenvalue weighted by atomic mass is 9.80. The van der Waals surface area contributed by atoms with E-state index in [4.69, 9.17) is 9.47 Å². The molecule has 2 saturated heterocycles. The summed E-state index contributed by atoms with van der Waals surface area (Å²) >= 11 is 0. The maximum Gasteiger partial charge on any atom is 0.311 e. The first kappa shape index (κ1) is 18.4. The van der Waals surface area contributed by atoms with E-state index in [9.17, 15) is 4.79 Å². The zero-order valence-electron chi connectivity index (χ0n) is 15.6. The Kier molecular flexibility index (Phi) is 5.49. The third-order valence-electron chi connectivity index (χ3n) is 5.97. The van der Waals surface area contributed by atoms with Gasteiger partial charge in [-0.15, -0.1) is 13.2 Å². The predicted octanol–water partition coefficient (Wildman–Crippen LogP) is 3.50. The molecule has 4 nitrogen and oxygen atoms in total. The summed E-state index contributed by atoms with van der Waals surface area (Å²) in [5.41, 5.74) is 1.28. The second kappa shape index (κ2) is 7.46. The van der Waals surface area contributed by atoms with Crippen molar-refractivity contribution < 1.29 is 14.3 Å². The monoisotopic (exact) mass is 345 g/mol. The number of nitrogens with zero attached hydrogens (tertiary/aromatic N) is 1. The van der Waals surface area contributed by atoms with E-state index >= 15 is 0 Å². The van der Waals surface area contributed by atoms with Crippen molar-refractivity contribution in [2.75, 3.05) is 19.6 Å². The van der Waals surface area contributed by atoms with Gasteiger partial charge >= 0.3 is 5.97 Å². The molecule has 0 radical (unpaired) electrons. The second-order valence-corrected chi connectivity index (χ2v) is 7.95.